The fourth-order valence-corrected chi connectivity index (χ4v) is 3.82. The Bertz CT molecular complexity index is 1010. The molecule has 2 aromatic carbocycles. The molecule has 1 aliphatic rings. The molecule has 1 aliphatic heterocycles. The second-order valence-electron chi connectivity index (χ2n) is 7.79. The van der Waals surface area contributed by atoms with Gasteiger partial charge < -0.3 is 14.6 Å². The number of ether oxygens (including phenoxy) is 1. The summed E-state index contributed by atoms with van der Waals surface area (Å²) >= 11 is 0. The number of carbonyl (C=O) groups is 1. The van der Waals surface area contributed by atoms with Crippen LogP contribution in [0.3, 0.4) is 0 Å². The zero-order chi connectivity index (χ0) is 21.1. The number of nitrogens with one attached hydrogen (secondary N) is 1. The Hall–Kier alpha value is -3.03. The minimum Gasteiger partial charge on any atom is -0.373 e. The van der Waals surface area contributed by atoms with Crippen molar-refractivity contribution in [3.63, 3.8) is 0 Å². The van der Waals surface area contributed by atoms with Crippen LogP contribution in [0.5, 0.6) is 0 Å². The van der Waals surface area contributed by atoms with Crippen molar-refractivity contribution in [1.29, 1.82) is 0 Å². The second-order valence-corrected chi connectivity index (χ2v) is 7.79. The monoisotopic (exact) mass is 406 g/mol. The maximum Gasteiger partial charge on any atom is 0.255 e. The van der Waals surface area contributed by atoms with Crippen LogP contribution < -0.4 is 5.32 Å². The average molecular weight is 406 g/mol. The first-order valence-electron chi connectivity index (χ1n) is 10.2. The minimum atomic E-state index is -0.178. The zero-order valence-corrected chi connectivity index (χ0v) is 17.5. The number of amides is 1. The molecule has 0 saturated carbocycles. The van der Waals surface area contributed by atoms with Crippen LogP contribution in [0.2, 0.25) is 0 Å². The number of hydrogen-bond acceptors (Lipinski definition) is 6. The quantitative estimate of drug-likeness (QED) is 0.692. The maximum absolute atomic E-state index is 12.8. The van der Waals surface area contributed by atoms with E-state index in [2.05, 4.69) is 34.2 Å². The number of para-hydroxylation sites is 1. The van der Waals surface area contributed by atoms with Gasteiger partial charge in [-0.2, -0.15) is 4.98 Å². The molecule has 1 fully saturated rings. The predicted molar refractivity (Wildman–Crippen MR) is 114 cm³/mol. The van der Waals surface area contributed by atoms with Crippen molar-refractivity contribution in [3.8, 4) is 11.4 Å². The first-order valence-corrected chi connectivity index (χ1v) is 10.2. The summed E-state index contributed by atoms with van der Waals surface area (Å²) in [5.41, 5.74) is 3.13. The summed E-state index contributed by atoms with van der Waals surface area (Å²) in [6.45, 7) is 8.61. The van der Waals surface area contributed by atoms with E-state index in [1.54, 1.807) is 6.92 Å². The minimum absolute atomic E-state index is 0.178. The van der Waals surface area contributed by atoms with E-state index in [9.17, 15) is 4.79 Å². The molecule has 7 heteroatoms. The van der Waals surface area contributed by atoms with Crippen LogP contribution in [0.25, 0.3) is 11.4 Å². The molecule has 1 aromatic heterocycles. The molecule has 1 amide bonds. The normalized spacial score (nSPS) is 19.6. The van der Waals surface area contributed by atoms with E-state index >= 15 is 0 Å². The lowest BCUT2D eigenvalue weighted by atomic mass is 10.1. The Morgan fingerprint density at radius 2 is 1.80 bits per heavy atom. The van der Waals surface area contributed by atoms with Crippen LogP contribution in [0.4, 0.5) is 5.69 Å². The van der Waals surface area contributed by atoms with Crippen LogP contribution in [0.15, 0.2) is 53.1 Å². The lowest BCUT2D eigenvalue weighted by Gasteiger charge is -2.35. The number of morpholine rings is 1. The second kappa shape index (κ2) is 8.77. The van der Waals surface area contributed by atoms with Gasteiger partial charge in [0, 0.05) is 37.7 Å². The fourth-order valence-electron chi connectivity index (χ4n) is 3.82. The van der Waals surface area contributed by atoms with Crippen molar-refractivity contribution >= 4 is 11.6 Å². The summed E-state index contributed by atoms with van der Waals surface area (Å²) in [6.07, 6.45) is 0.476. The highest BCUT2D eigenvalue weighted by molar-refractivity contribution is 6.06. The van der Waals surface area contributed by atoms with E-state index in [-0.39, 0.29) is 18.1 Å². The van der Waals surface area contributed by atoms with Crippen molar-refractivity contribution in [2.75, 3.05) is 18.4 Å². The number of hydrogen-bond donors (Lipinski definition) is 1. The standard InChI is InChI=1S/C23H26N4O3/c1-15-12-27(13-16(2)29-15)14-18-8-10-19(11-9-18)23(28)25-21-7-5-4-6-20(21)22-24-17(3)30-26-22/h4-11,15-16H,12-14H2,1-3H3,(H,25,28). The van der Waals surface area contributed by atoms with E-state index < -0.39 is 0 Å². The Labute approximate surface area is 176 Å². The molecule has 0 aliphatic carbocycles. The lowest BCUT2D eigenvalue weighted by molar-refractivity contribution is -0.0704. The first kappa shape index (κ1) is 20.3. The molecular formula is C23H26N4O3. The molecule has 3 aromatic rings. The van der Waals surface area contributed by atoms with Crippen LogP contribution >= 0.6 is 0 Å². The van der Waals surface area contributed by atoms with E-state index in [0.29, 0.717) is 23.0 Å². The van der Waals surface area contributed by atoms with Crippen molar-refractivity contribution < 1.29 is 14.1 Å². The topological polar surface area (TPSA) is 80.5 Å². The summed E-state index contributed by atoms with van der Waals surface area (Å²) in [7, 11) is 0. The van der Waals surface area contributed by atoms with Gasteiger partial charge in [0.2, 0.25) is 11.7 Å². The highest BCUT2D eigenvalue weighted by Gasteiger charge is 2.22. The van der Waals surface area contributed by atoms with Crippen molar-refractivity contribution in [2.24, 2.45) is 0 Å². The van der Waals surface area contributed by atoms with Gasteiger partial charge in [-0.25, -0.2) is 0 Å². The molecule has 0 spiro atoms. The number of rotatable bonds is 5. The zero-order valence-electron chi connectivity index (χ0n) is 17.5. The number of anilines is 1. The van der Waals surface area contributed by atoms with Gasteiger partial charge in [-0.3, -0.25) is 9.69 Å². The van der Waals surface area contributed by atoms with Gasteiger partial charge in [0.05, 0.1) is 17.9 Å². The molecule has 1 N–H and O–H groups in total. The highest BCUT2D eigenvalue weighted by Crippen LogP contribution is 2.26. The number of carbonyl (C=O) groups excluding carboxylic acids is 1. The number of aryl methyl sites for hydroxylation is 1. The molecule has 2 unspecified atom stereocenters. The largest absolute Gasteiger partial charge is 0.373 e. The highest BCUT2D eigenvalue weighted by atomic mass is 16.5. The van der Waals surface area contributed by atoms with Gasteiger partial charge in [-0.05, 0) is 43.7 Å². The maximum atomic E-state index is 12.8. The summed E-state index contributed by atoms with van der Waals surface area (Å²) in [5.74, 6) is 0.751. The smallest absolute Gasteiger partial charge is 0.255 e. The van der Waals surface area contributed by atoms with Gasteiger partial charge in [-0.1, -0.05) is 29.4 Å². The third kappa shape index (κ3) is 4.75. The lowest BCUT2D eigenvalue weighted by Crippen LogP contribution is -2.44. The fraction of sp³-hybridized carbons (Fsp3) is 0.348. The Morgan fingerprint density at radius 1 is 1.10 bits per heavy atom. The number of aromatic nitrogens is 2. The summed E-state index contributed by atoms with van der Waals surface area (Å²) in [6, 6.07) is 15.2. The van der Waals surface area contributed by atoms with Crippen LogP contribution in [-0.2, 0) is 11.3 Å². The van der Waals surface area contributed by atoms with Gasteiger partial charge in [0.25, 0.3) is 5.91 Å². The van der Waals surface area contributed by atoms with Crippen molar-refractivity contribution in [1.82, 2.24) is 15.0 Å². The Balaban J connectivity index is 1.44. The third-order valence-corrected chi connectivity index (χ3v) is 5.06. The summed E-state index contributed by atoms with van der Waals surface area (Å²) in [4.78, 5) is 19.4. The Morgan fingerprint density at radius 3 is 2.47 bits per heavy atom. The molecule has 30 heavy (non-hydrogen) atoms. The SMILES string of the molecule is Cc1nc(-c2ccccc2NC(=O)c2ccc(CN3CC(C)OC(C)C3)cc2)no1. The number of benzene rings is 2. The number of nitrogens with zero attached hydrogens (tertiary/aromatic N) is 3. The summed E-state index contributed by atoms with van der Waals surface area (Å²) in [5, 5.41) is 6.91. The van der Waals surface area contributed by atoms with Crippen LogP contribution in [0, 0.1) is 6.92 Å². The molecule has 156 valence electrons. The molecular weight excluding hydrogens is 380 g/mol. The molecule has 2 atom stereocenters. The van der Waals surface area contributed by atoms with E-state index in [4.69, 9.17) is 9.26 Å². The van der Waals surface area contributed by atoms with Gasteiger partial charge in [0.1, 0.15) is 0 Å². The van der Waals surface area contributed by atoms with Crippen LogP contribution in [0.1, 0.15) is 35.7 Å². The van der Waals surface area contributed by atoms with Gasteiger partial charge in [-0.15, -0.1) is 0 Å². The van der Waals surface area contributed by atoms with E-state index in [0.717, 1.165) is 25.2 Å². The van der Waals surface area contributed by atoms with Gasteiger partial charge >= 0.3 is 0 Å². The molecule has 2 heterocycles. The molecule has 4 rings (SSSR count). The van der Waals surface area contributed by atoms with E-state index in [1.807, 2.05) is 48.5 Å². The summed E-state index contributed by atoms with van der Waals surface area (Å²) < 4.78 is 10.9. The molecule has 7 nitrogen and oxygen atoms in total. The van der Waals surface area contributed by atoms with Gasteiger partial charge in [0.15, 0.2) is 0 Å². The first-order chi connectivity index (χ1) is 14.5. The third-order valence-electron chi connectivity index (χ3n) is 5.06. The van der Waals surface area contributed by atoms with E-state index in [1.165, 1.54) is 5.56 Å². The van der Waals surface area contributed by atoms with Crippen molar-refractivity contribution in [2.45, 2.75) is 39.5 Å². The Kier molecular flexibility index (Phi) is 5.92. The van der Waals surface area contributed by atoms with Crippen LogP contribution in [-0.4, -0.2) is 46.2 Å². The molecule has 0 bridgehead atoms. The molecule has 0 radical (unpaired) electrons. The average Bonchev–Trinajstić information content (AvgIpc) is 3.14. The van der Waals surface area contributed by atoms with Crippen molar-refractivity contribution in [3.05, 3.63) is 65.5 Å². The predicted octanol–water partition coefficient (Wildman–Crippen LogP) is 3.91. The molecule has 1 saturated heterocycles.